The minimum atomic E-state index is -0.543. The van der Waals surface area contributed by atoms with Gasteiger partial charge in [0.25, 0.3) is 0 Å². The van der Waals surface area contributed by atoms with Crippen LogP contribution in [0.25, 0.3) is 27.5 Å². The van der Waals surface area contributed by atoms with Gasteiger partial charge in [-0.2, -0.15) is 0 Å². The lowest BCUT2D eigenvalue weighted by Gasteiger charge is -2.48. The highest BCUT2D eigenvalue weighted by atomic mass is 79.9. The van der Waals surface area contributed by atoms with Crippen molar-refractivity contribution in [1.82, 2.24) is 4.57 Å². The van der Waals surface area contributed by atoms with E-state index in [0.29, 0.717) is 0 Å². The van der Waals surface area contributed by atoms with Crippen LogP contribution in [0.2, 0.25) is 0 Å². The summed E-state index contributed by atoms with van der Waals surface area (Å²) in [7, 11) is 0. The second kappa shape index (κ2) is 10.0. The Hall–Kier alpha value is -4.44. The molecule has 1 unspecified atom stereocenters. The normalized spacial score (nSPS) is 18.6. The molecule has 1 atom stereocenters. The highest BCUT2D eigenvalue weighted by Gasteiger charge is 2.53. The highest BCUT2D eigenvalue weighted by molar-refractivity contribution is 9.10. The van der Waals surface area contributed by atoms with Crippen LogP contribution in [-0.4, -0.2) is 4.57 Å². The van der Waals surface area contributed by atoms with E-state index >= 15 is 0 Å². The standard InChI is InChI=1S/C44H29Br2N/c45-32-24-34-35-25-33(46)27-39-41(35)47-40(34)38(26-32)43(28-14-5-1-6-15-28,29-16-7-2-8-17-29)36-22-13-23-37(42(36)47)44(39,30-18-9-3-10-19-30)31-20-11-4-12-21-31/h1-11,13-20,22-27H,12,21H2. The number of hydrogen-bond donors (Lipinski definition) is 0. The highest BCUT2D eigenvalue weighted by Crippen LogP contribution is 2.62. The van der Waals surface area contributed by atoms with Gasteiger partial charge in [0.15, 0.2) is 0 Å². The molecule has 3 aliphatic rings. The predicted octanol–water partition coefficient (Wildman–Crippen LogP) is 11.9. The van der Waals surface area contributed by atoms with E-state index in [2.05, 4.69) is 188 Å². The van der Waals surface area contributed by atoms with E-state index in [4.69, 9.17) is 0 Å². The first-order valence-electron chi connectivity index (χ1n) is 16.3. The van der Waals surface area contributed by atoms with Crippen molar-refractivity contribution in [3.05, 3.63) is 205 Å². The number of para-hydroxylation sites is 1. The maximum Gasteiger partial charge on any atom is 0.0743 e. The van der Waals surface area contributed by atoms with Crippen LogP contribution in [0.5, 0.6) is 0 Å². The molecule has 1 aromatic heterocycles. The molecule has 0 saturated carbocycles. The molecule has 6 aromatic carbocycles. The predicted molar refractivity (Wildman–Crippen MR) is 201 cm³/mol. The van der Waals surface area contributed by atoms with Crippen LogP contribution in [0.15, 0.2) is 166 Å². The van der Waals surface area contributed by atoms with Gasteiger partial charge >= 0.3 is 0 Å². The van der Waals surface area contributed by atoms with E-state index in [1.807, 2.05) is 0 Å². The molecular formula is C44H29Br2N. The van der Waals surface area contributed by atoms with Gasteiger partial charge in [-0.25, -0.2) is 0 Å². The average Bonchev–Trinajstić information content (AvgIpc) is 3.45. The van der Waals surface area contributed by atoms with Gasteiger partial charge in [0.2, 0.25) is 0 Å². The second-order valence-corrected chi connectivity index (χ2v) is 14.8. The average molecular weight is 732 g/mol. The molecule has 2 aliphatic heterocycles. The lowest BCUT2D eigenvalue weighted by Crippen LogP contribution is -2.41. The number of allylic oxidation sites excluding steroid dienone is 4. The Kier molecular flexibility index (Phi) is 5.90. The Balaban J connectivity index is 1.54. The first kappa shape index (κ1) is 27.7. The molecule has 3 heteroatoms. The van der Waals surface area contributed by atoms with E-state index in [1.54, 1.807) is 0 Å². The van der Waals surface area contributed by atoms with Crippen molar-refractivity contribution in [1.29, 1.82) is 0 Å². The van der Waals surface area contributed by atoms with Crippen LogP contribution in [-0.2, 0) is 10.8 Å². The Morgan fingerprint density at radius 2 is 1.00 bits per heavy atom. The molecule has 47 heavy (non-hydrogen) atoms. The number of fused-ring (bicyclic) bond motifs is 1. The summed E-state index contributed by atoms with van der Waals surface area (Å²) in [5.74, 6) is 0. The van der Waals surface area contributed by atoms with Crippen LogP contribution < -0.4 is 0 Å². The molecule has 0 bridgehead atoms. The molecule has 0 fully saturated rings. The topological polar surface area (TPSA) is 4.93 Å². The number of rotatable bonds is 4. The maximum atomic E-state index is 4.02. The van der Waals surface area contributed by atoms with E-state index in [9.17, 15) is 0 Å². The van der Waals surface area contributed by atoms with Gasteiger partial charge in [0, 0.05) is 19.7 Å². The Morgan fingerprint density at radius 1 is 0.511 bits per heavy atom. The minimum absolute atomic E-state index is 0.475. The molecule has 1 aliphatic carbocycles. The number of hydrogen-bond acceptors (Lipinski definition) is 0. The molecule has 0 amide bonds. The summed E-state index contributed by atoms with van der Waals surface area (Å²) in [5, 5.41) is 2.54. The van der Waals surface area contributed by atoms with Gasteiger partial charge in [-0.05, 0) is 76.1 Å². The zero-order valence-corrected chi connectivity index (χ0v) is 28.7. The van der Waals surface area contributed by atoms with Crippen LogP contribution in [0, 0.1) is 0 Å². The molecular weight excluding hydrogens is 702 g/mol. The summed E-state index contributed by atoms with van der Waals surface area (Å²) in [6.07, 6.45) is 9.00. The number of aromatic nitrogens is 1. The molecule has 7 aromatic rings. The van der Waals surface area contributed by atoms with Gasteiger partial charge in [0.1, 0.15) is 0 Å². The van der Waals surface area contributed by atoms with Crippen molar-refractivity contribution in [3.63, 3.8) is 0 Å². The van der Waals surface area contributed by atoms with Crippen LogP contribution in [0.1, 0.15) is 51.8 Å². The largest absolute Gasteiger partial charge is 0.308 e. The summed E-state index contributed by atoms with van der Waals surface area (Å²) >= 11 is 8.04. The third-order valence-corrected chi connectivity index (χ3v) is 11.8. The Morgan fingerprint density at radius 3 is 1.51 bits per heavy atom. The third-order valence-electron chi connectivity index (χ3n) is 10.9. The van der Waals surface area contributed by atoms with Crippen molar-refractivity contribution in [2.45, 2.75) is 23.7 Å². The summed E-state index contributed by atoms with van der Waals surface area (Å²) in [6, 6.07) is 50.1. The van der Waals surface area contributed by atoms with Gasteiger partial charge < -0.3 is 4.57 Å². The van der Waals surface area contributed by atoms with Crippen LogP contribution >= 0.6 is 31.9 Å². The van der Waals surface area contributed by atoms with Gasteiger partial charge in [0.05, 0.1) is 27.6 Å². The van der Waals surface area contributed by atoms with E-state index in [1.165, 1.54) is 72.0 Å². The number of halogens is 2. The van der Waals surface area contributed by atoms with Gasteiger partial charge in [-0.1, -0.05) is 165 Å². The van der Waals surface area contributed by atoms with Crippen molar-refractivity contribution >= 4 is 53.7 Å². The molecule has 0 spiro atoms. The smallest absolute Gasteiger partial charge is 0.0743 e. The van der Waals surface area contributed by atoms with E-state index in [0.717, 1.165) is 21.8 Å². The van der Waals surface area contributed by atoms with E-state index < -0.39 is 10.8 Å². The summed E-state index contributed by atoms with van der Waals surface area (Å²) in [4.78, 5) is 0. The quantitative estimate of drug-likeness (QED) is 0.170. The third kappa shape index (κ3) is 3.44. The number of nitrogens with zero attached hydrogens (tertiary/aromatic N) is 1. The SMILES string of the molecule is Brc1cc2c3c(c1)c1cc(Br)cc4c1n3-c1c(cccc1C4(c1ccccc1)c1ccccc1)C2(C1=CC=CCC1)c1ccccc1. The second-order valence-electron chi connectivity index (χ2n) is 13.0. The van der Waals surface area contributed by atoms with Gasteiger partial charge in [-0.15, -0.1) is 0 Å². The Labute approximate surface area is 291 Å². The summed E-state index contributed by atoms with van der Waals surface area (Å²) < 4.78 is 4.82. The first-order valence-corrected chi connectivity index (χ1v) is 17.9. The van der Waals surface area contributed by atoms with E-state index in [-0.39, 0.29) is 0 Å². The molecule has 0 radical (unpaired) electrons. The number of benzene rings is 6. The lowest BCUT2D eigenvalue weighted by molar-refractivity contribution is 0.648. The monoisotopic (exact) mass is 729 g/mol. The summed E-state index contributed by atoms with van der Waals surface area (Å²) in [6.45, 7) is 0. The summed E-state index contributed by atoms with van der Waals surface area (Å²) in [5.41, 5.74) is 13.5. The molecule has 3 heterocycles. The van der Waals surface area contributed by atoms with Crippen molar-refractivity contribution in [2.24, 2.45) is 0 Å². The maximum absolute atomic E-state index is 4.02. The van der Waals surface area contributed by atoms with Crippen LogP contribution in [0.3, 0.4) is 0 Å². The fourth-order valence-corrected chi connectivity index (χ4v) is 10.2. The fourth-order valence-electron chi connectivity index (χ4n) is 9.29. The van der Waals surface area contributed by atoms with Crippen molar-refractivity contribution in [2.75, 3.05) is 0 Å². The van der Waals surface area contributed by atoms with Gasteiger partial charge in [-0.3, -0.25) is 0 Å². The minimum Gasteiger partial charge on any atom is -0.308 e. The molecule has 0 N–H and O–H groups in total. The van der Waals surface area contributed by atoms with Crippen molar-refractivity contribution in [3.8, 4) is 5.69 Å². The molecule has 1 nitrogen and oxygen atoms in total. The molecule has 0 saturated heterocycles. The Bertz CT molecular complexity index is 2430. The molecule has 224 valence electrons. The lowest BCUT2D eigenvalue weighted by atomic mass is 9.58. The zero-order valence-electron chi connectivity index (χ0n) is 25.6. The molecule has 10 rings (SSSR count). The van der Waals surface area contributed by atoms with Crippen LogP contribution in [0.4, 0.5) is 0 Å². The first-order chi connectivity index (χ1) is 23.1. The fraction of sp³-hybridized carbons (Fsp3) is 0.0909. The zero-order chi connectivity index (χ0) is 31.3. The van der Waals surface area contributed by atoms with Crippen molar-refractivity contribution < 1.29 is 0 Å².